The molecule has 3 unspecified atom stereocenters. The van der Waals surface area contributed by atoms with Gasteiger partial charge in [-0.15, -0.1) is 23.5 Å². The molecule has 4 aromatic carbocycles. The molecule has 350 valence electrons. The molecular weight excluding hydrogens is 885 g/mol. The van der Waals surface area contributed by atoms with Crippen LogP contribution in [-0.2, 0) is 41.9 Å². The van der Waals surface area contributed by atoms with Crippen LogP contribution in [0.4, 0.5) is 0 Å². The summed E-state index contributed by atoms with van der Waals surface area (Å²) < 4.78 is 9.34. The van der Waals surface area contributed by atoms with Crippen LogP contribution in [0, 0.1) is 0 Å². The molecule has 4 saturated heterocycles. The molecule has 0 radical (unpaired) electrons. The number of hydrogen-bond acceptors (Lipinski definition) is 12. The van der Waals surface area contributed by atoms with E-state index in [0.717, 1.165) is 13.1 Å². The fourth-order valence-corrected chi connectivity index (χ4v) is 11.3. The van der Waals surface area contributed by atoms with Crippen molar-refractivity contribution in [3.63, 3.8) is 0 Å². The fraction of sp³-hybridized carbons (Fsp3) is 0.375. The van der Waals surface area contributed by atoms with Gasteiger partial charge in [0, 0.05) is 20.6 Å². The van der Waals surface area contributed by atoms with Gasteiger partial charge in [0.1, 0.15) is 60.5 Å². The first-order chi connectivity index (χ1) is 31.6. The van der Waals surface area contributed by atoms with Crippen LogP contribution < -0.4 is 41.0 Å². The van der Waals surface area contributed by atoms with E-state index in [0.29, 0.717) is 11.5 Å². The van der Waals surface area contributed by atoms with Gasteiger partial charge in [0.15, 0.2) is 13.2 Å². The molecule has 4 aromatic rings. The summed E-state index contributed by atoms with van der Waals surface area (Å²) in [7, 11) is 0. The van der Waals surface area contributed by atoms with Gasteiger partial charge in [-0.25, -0.2) is 0 Å². The minimum Gasteiger partial charge on any atom is -0.548 e. The zero-order valence-electron chi connectivity index (χ0n) is 37.2. The SMILES string of the molecule is CC1(C)SC2C(NC(=O)COc3ccccc3)C(=O)N2C1C(=O)[O-].CC1(C)S[C@H]2[C@@H](NC(=O)COc3ccccc3)C(=O)N2[C@H]1C(=O)[O-].c1ccc(C[NH2+]CC[NH2+]Cc2ccccc2)cc1. The summed E-state index contributed by atoms with van der Waals surface area (Å²) in [6.07, 6.45) is 0. The maximum Gasteiger partial charge on any atom is 0.258 e. The van der Waals surface area contributed by atoms with Crippen LogP contribution in [-0.4, -0.2) is 116 Å². The number of carboxylic acid groups (broad SMARTS) is 2. The van der Waals surface area contributed by atoms with E-state index in [1.165, 1.54) is 57.5 Å². The van der Waals surface area contributed by atoms with Crippen LogP contribution >= 0.6 is 23.5 Å². The standard InChI is InChI=1S/2C16H18N2O5S.C16H20N2/c2*1-16(2)12(15(21)22)18-13(20)11(14(18)24-16)17-10(19)8-23-9-6-4-3-5-7-9;1-3-7-15(8-4-1)13-17-11-12-18-14-16-9-5-2-6-10-16/h2*3-7,11-12,14H,8H2,1-2H3,(H,17,19)(H,21,22);1-10,17-18H,11-14H2/t11-,12-,14-;;/m0../s1. The summed E-state index contributed by atoms with van der Waals surface area (Å²) in [5.41, 5.74) is 2.81. The molecule has 4 aliphatic heterocycles. The van der Waals surface area contributed by atoms with Crippen molar-refractivity contribution in [3.8, 4) is 11.5 Å². The van der Waals surface area contributed by atoms with E-state index in [1.807, 2.05) is 12.1 Å². The highest BCUT2D eigenvalue weighted by Gasteiger charge is 2.63. The maximum absolute atomic E-state index is 12.2. The normalized spacial score (nSPS) is 22.6. The van der Waals surface area contributed by atoms with E-state index in [-0.39, 0.29) is 13.2 Å². The van der Waals surface area contributed by atoms with Crippen molar-refractivity contribution in [2.75, 3.05) is 26.3 Å². The van der Waals surface area contributed by atoms with Crippen LogP contribution in [0.3, 0.4) is 0 Å². The number of hydrogen-bond donors (Lipinski definition) is 4. The van der Waals surface area contributed by atoms with Crippen molar-refractivity contribution in [1.82, 2.24) is 20.4 Å². The summed E-state index contributed by atoms with van der Waals surface area (Å²) >= 11 is 2.70. The smallest absolute Gasteiger partial charge is 0.258 e. The number of quaternary nitrogens is 2. The van der Waals surface area contributed by atoms with E-state index in [4.69, 9.17) is 9.47 Å². The topological polar surface area (TPSA) is 231 Å². The summed E-state index contributed by atoms with van der Waals surface area (Å²) in [5.74, 6) is -3.09. The summed E-state index contributed by atoms with van der Waals surface area (Å²) in [6, 6.07) is 35.6. The average molecular weight is 941 g/mol. The number of benzene rings is 4. The summed E-state index contributed by atoms with van der Waals surface area (Å²) in [5, 5.41) is 31.8. The Kier molecular flexibility index (Phi) is 16.8. The highest BCUT2D eigenvalue weighted by molar-refractivity contribution is 8.02. The lowest BCUT2D eigenvalue weighted by Crippen LogP contribution is -2.93. The first-order valence-electron chi connectivity index (χ1n) is 21.6. The second-order valence-corrected chi connectivity index (χ2v) is 20.5. The van der Waals surface area contributed by atoms with Gasteiger partial charge in [-0.05, 0) is 52.0 Å². The summed E-state index contributed by atoms with van der Waals surface area (Å²) in [6.45, 7) is 11.1. The Balaban J connectivity index is 0.000000166. The van der Waals surface area contributed by atoms with Crippen molar-refractivity contribution in [2.24, 2.45) is 0 Å². The molecule has 0 saturated carbocycles. The van der Waals surface area contributed by atoms with Gasteiger partial charge >= 0.3 is 0 Å². The number of thioether (sulfide) groups is 2. The van der Waals surface area contributed by atoms with Crippen LogP contribution in [0.5, 0.6) is 11.5 Å². The van der Waals surface area contributed by atoms with Crippen molar-refractivity contribution >= 4 is 59.1 Å². The quantitative estimate of drug-likeness (QED) is 0.0757. The molecule has 8 rings (SSSR count). The van der Waals surface area contributed by atoms with Gasteiger partial charge < -0.3 is 60.3 Å². The average Bonchev–Trinajstić information content (AvgIpc) is 3.73. The number of aliphatic carboxylic acids is 2. The molecule has 4 fully saturated rings. The monoisotopic (exact) mass is 940 g/mol. The first-order valence-corrected chi connectivity index (χ1v) is 23.4. The number of para-hydroxylation sites is 2. The Bertz CT molecular complexity index is 2130. The highest BCUT2D eigenvalue weighted by Crippen LogP contribution is 2.51. The Morgan fingerprint density at radius 1 is 0.561 bits per heavy atom. The molecule has 6 atom stereocenters. The lowest BCUT2D eigenvalue weighted by atomic mass is 9.96. The predicted molar refractivity (Wildman–Crippen MR) is 244 cm³/mol. The second-order valence-electron chi connectivity index (χ2n) is 17.0. The van der Waals surface area contributed by atoms with Gasteiger partial charge in [-0.3, -0.25) is 19.2 Å². The molecule has 66 heavy (non-hydrogen) atoms. The van der Waals surface area contributed by atoms with Crippen molar-refractivity contribution < 1.29 is 59.1 Å². The predicted octanol–water partition coefficient (Wildman–Crippen LogP) is -0.762. The van der Waals surface area contributed by atoms with Crippen LogP contribution in [0.1, 0.15) is 38.8 Å². The molecular formula is C48H56N6O10S2. The number of amides is 4. The molecule has 0 spiro atoms. The maximum atomic E-state index is 12.2. The molecule has 6 N–H and O–H groups in total. The molecule has 4 heterocycles. The van der Waals surface area contributed by atoms with Crippen molar-refractivity contribution in [3.05, 3.63) is 132 Å². The Labute approximate surface area is 392 Å². The van der Waals surface area contributed by atoms with Gasteiger partial charge in [-0.2, -0.15) is 0 Å². The number of β-lactam (4-membered cyclic amide) rings is 2. The Morgan fingerprint density at radius 3 is 1.20 bits per heavy atom. The van der Waals surface area contributed by atoms with E-state index in [2.05, 4.69) is 81.9 Å². The van der Waals surface area contributed by atoms with Gasteiger partial charge in [-0.1, -0.05) is 97.1 Å². The number of nitrogens with two attached hydrogens (primary N) is 2. The molecule has 0 bridgehead atoms. The number of carboxylic acids is 2. The first kappa shape index (κ1) is 49.4. The van der Waals surface area contributed by atoms with Crippen molar-refractivity contribution in [2.45, 2.75) is 85.2 Å². The van der Waals surface area contributed by atoms with Crippen molar-refractivity contribution in [1.29, 1.82) is 0 Å². The van der Waals surface area contributed by atoms with E-state index < -0.39 is 80.0 Å². The van der Waals surface area contributed by atoms with Gasteiger partial charge in [0.25, 0.3) is 11.8 Å². The van der Waals surface area contributed by atoms with Gasteiger partial charge in [0.05, 0.1) is 24.0 Å². The molecule has 0 aliphatic carbocycles. The highest BCUT2D eigenvalue weighted by atomic mass is 32.2. The zero-order chi connectivity index (χ0) is 47.4. The number of fused-ring (bicyclic) bond motifs is 2. The lowest BCUT2D eigenvalue weighted by molar-refractivity contribution is -0.738. The molecule has 4 amide bonds. The van der Waals surface area contributed by atoms with Crippen LogP contribution in [0.25, 0.3) is 0 Å². The summed E-state index contributed by atoms with van der Waals surface area (Å²) in [4.78, 5) is 73.6. The van der Waals surface area contributed by atoms with E-state index in [9.17, 15) is 39.0 Å². The third-order valence-electron chi connectivity index (χ3n) is 11.2. The number of carbonyl (C=O) groups excluding carboxylic acids is 6. The van der Waals surface area contributed by atoms with Crippen LogP contribution in [0.2, 0.25) is 0 Å². The lowest BCUT2D eigenvalue weighted by Gasteiger charge is -2.45. The third-order valence-corrected chi connectivity index (χ3v) is 14.4. The second kappa shape index (κ2) is 22.4. The number of nitrogens with one attached hydrogen (secondary N) is 2. The van der Waals surface area contributed by atoms with E-state index in [1.54, 1.807) is 76.2 Å². The molecule has 0 aromatic heterocycles. The third kappa shape index (κ3) is 12.4. The zero-order valence-corrected chi connectivity index (χ0v) is 38.8. The number of carbonyl (C=O) groups is 6. The Hall–Kier alpha value is -6.08. The largest absolute Gasteiger partial charge is 0.548 e. The molecule has 18 heteroatoms. The van der Waals surface area contributed by atoms with E-state index >= 15 is 0 Å². The molecule has 16 nitrogen and oxygen atoms in total. The Morgan fingerprint density at radius 2 is 0.879 bits per heavy atom. The minimum atomic E-state index is -1.28. The van der Waals surface area contributed by atoms with Gasteiger partial charge in [0.2, 0.25) is 11.8 Å². The molecule has 4 aliphatic rings. The minimum absolute atomic E-state index is 0.210. The number of nitrogens with zero attached hydrogens (tertiary/aromatic N) is 2. The fourth-order valence-electron chi connectivity index (χ4n) is 8.02. The number of rotatable bonds is 17. The van der Waals surface area contributed by atoms with Crippen LogP contribution in [0.15, 0.2) is 121 Å². The number of ether oxygens (including phenoxy) is 2.